The third-order valence-corrected chi connectivity index (χ3v) is 4.55. The number of hydrogen-bond donors (Lipinski definition) is 2. The second-order valence-electron chi connectivity index (χ2n) is 4.19. The SMILES string of the molecule is Cc1ccc(N(C)S(=O)(=O)c2cnc(NN)nc2)cc1. The summed E-state index contributed by atoms with van der Waals surface area (Å²) in [7, 11) is -2.21. The molecule has 0 aliphatic rings. The molecule has 8 heteroatoms. The van der Waals surface area contributed by atoms with E-state index < -0.39 is 10.0 Å². The molecule has 106 valence electrons. The highest BCUT2D eigenvalue weighted by Crippen LogP contribution is 2.21. The van der Waals surface area contributed by atoms with Crippen LogP contribution in [0.3, 0.4) is 0 Å². The number of aryl methyl sites for hydroxylation is 1. The first-order valence-electron chi connectivity index (χ1n) is 5.79. The van der Waals surface area contributed by atoms with Crippen molar-refractivity contribution in [1.29, 1.82) is 0 Å². The quantitative estimate of drug-likeness (QED) is 0.641. The van der Waals surface area contributed by atoms with Crippen LogP contribution in [0.1, 0.15) is 5.56 Å². The van der Waals surface area contributed by atoms with Crippen LogP contribution in [-0.2, 0) is 10.0 Å². The number of hydrogen-bond acceptors (Lipinski definition) is 6. The summed E-state index contributed by atoms with van der Waals surface area (Å²) < 4.78 is 26.0. The number of nitrogens with two attached hydrogens (primary N) is 1. The predicted octanol–water partition coefficient (Wildman–Crippen LogP) is 0.896. The average molecular weight is 293 g/mol. The highest BCUT2D eigenvalue weighted by Gasteiger charge is 2.22. The number of anilines is 2. The molecule has 0 atom stereocenters. The predicted molar refractivity (Wildman–Crippen MR) is 76.6 cm³/mol. The van der Waals surface area contributed by atoms with Crippen LogP contribution in [0.5, 0.6) is 0 Å². The number of aromatic nitrogens is 2. The van der Waals surface area contributed by atoms with Gasteiger partial charge in [-0.25, -0.2) is 24.2 Å². The van der Waals surface area contributed by atoms with E-state index in [0.717, 1.165) is 5.56 Å². The Bertz CT molecular complexity index is 683. The van der Waals surface area contributed by atoms with Crippen molar-refractivity contribution < 1.29 is 8.42 Å². The van der Waals surface area contributed by atoms with Crippen LogP contribution in [0.2, 0.25) is 0 Å². The zero-order valence-corrected chi connectivity index (χ0v) is 11.9. The second-order valence-corrected chi connectivity index (χ2v) is 6.16. The standard InChI is InChI=1S/C12H15N5O2S/c1-9-3-5-10(6-4-9)17(2)20(18,19)11-7-14-12(16-13)15-8-11/h3-8H,13H2,1-2H3,(H,14,15,16). The number of benzene rings is 1. The van der Waals surface area contributed by atoms with Crippen LogP contribution in [0, 0.1) is 6.92 Å². The van der Waals surface area contributed by atoms with Gasteiger partial charge in [-0.05, 0) is 19.1 Å². The molecule has 1 aromatic carbocycles. The van der Waals surface area contributed by atoms with Crippen LogP contribution in [0.4, 0.5) is 11.6 Å². The summed E-state index contributed by atoms with van der Waals surface area (Å²) >= 11 is 0. The van der Waals surface area contributed by atoms with Gasteiger partial charge in [-0.15, -0.1) is 0 Å². The number of sulfonamides is 1. The Kier molecular flexibility index (Phi) is 3.86. The normalized spacial score (nSPS) is 11.2. The first-order valence-corrected chi connectivity index (χ1v) is 7.23. The van der Waals surface area contributed by atoms with Gasteiger partial charge in [-0.2, -0.15) is 0 Å². The molecule has 0 aliphatic heterocycles. The minimum absolute atomic E-state index is 0.000394. The van der Waals surface area contributed by atoms with E-state index in [1.54, 1.807) is 12.1 Å². The lowest BCUT2D eigenvalue weighted by molar-refractivity contribution is 0.593. The summed E-state index contributed by atoms with van der Waals surface area (Å²) in [5.41, 5.74) is 3.87. The molecule has 0 fully saturated rings. The molecule has 2 rings (SSSR count). The largest absolute Gasteiger partial charge is 0.292 e. The summed E-state index contributed by atoms with van der Waals surface area (Å²) in [5, 5.41) is 0. The van der Waals surface area contributed by atoms with E-state index in [4.69, 9.17) is 5.84 Å². The molecule has 2 aromatic rings. The fourth-order valence-electron chi connectivity index (χ4n) is 1.58. The van der Waals surface area contributed by atoms with Crippen LogP contribution in [-0.4, -0.2) is 25.4 Å². The fraction of sp³-hybridized carbons (Fsp3) is 0.167. The number of hydrazine groups is 1. The number of rotatable bonds is 4. The lowest BCUT2D eigenvalue weighted by Crippen LogP contribution is -2.27. The summed E-state index contributed by atoms with van der Waals surface area (Å²) in [4.78, 5) is 7.60. The monoisotopic (exact) mass is 293 g/mol. The van der Waals surface area contributed by atoms with Gasteiger partial charge in [0.1, 0.15) is 4.90 Å². The molecule has 0 aliphatic carbocycles. The minimum atomic E-state index is -3.69. The average Bonchev–Trinajstić information content (AvgIpc) is 2.47. The smallest absolute Gasteiger partial charge is 0.267 e. The van der Waals surface area contributed by atoms with Gasteiger partial charge in [-0.1, -0.05) is 17.7 Å². The van der Waals surface area contributed by atoms with E-state index in [2.05, 4.69) is 15.4 Å². The summed E-state index contributed by atoms with van der Waals surface area (Å²) in [6, 6.07) is 7.17. The van der Waals surface area contributed by atoms with E-state index in [9.17, 15) is 8.42 Å². The number of nitrogens with one attached hydrogen (secondary N) is 1. The number of nitrogens with zero attached hydrogens (tertiary/aromatic N) is 3. The Labute approximate surface area is 117 Å². The van der Waals surface area contributed by atoms with Gasteiger partial charge in [0, 0.05) is 7.05 Å². The van der Waals surface area contributed by atoms with Gasteiger partial charge in [0.15, 0.2) is 0 Å². The second kappa shape index (κ2) is 5.43. The van der Waals surface area contributed by atoms with Crippen molar-refractivity contribution in [3.8, 4) is 0 Å². The molecular weight excluding hydrogens is 278 g/mol. The van der Waals surface area contributed by atoms with Crippen LogP contribution >= 0.6 is 0 Å². The lowest BCUT2D eigenvalue weighted by atomic mass is 10.2. The third-order valence-electron chi connectivity index (χ3n) is 2.81. The Balaban J connectivity index is 2.35. The first kappa shape index (κ1) is 14.2. The maximum absolute atomic E-state index is 12.4. The molecule has 0 amide bonds. The first-order chi connectivity index (χ1) is 9.45. The summed E-state index contributed by atoms with van der Waals surface area (Å²) in [6.45, 7) is 1.94. The topological polar surface area (TPSA) is 101 Å². The van der Waals surface area contributed by atoms with Crippen molar-refractivity contribution in [2.45, 2.75) is 11.8 Å². The van der Waals surface area contributed by atoms with Gasteiger partial charge in [0.05, 0.1) is 18.1 Å². The molecule has 0 saturated carbocycles. The Morgan fingerprint density at radius 3 is 2.20 bits per heavy atom. The Morgan fingerprint density at radius 1 is 1.15 bits per heavy atom. The van der Waals surface area contributed by atoms with Crippen molar-refractivity contribution in [2.24, 2.45) is 5.84 Å². The van der Waals surface area contributed by atoms with Crippen molar-refractivity contribution in [3.63, 3.8) is 0 Å². The van der Waals surface area contributed by atoms with Crippen LogP contribution < -0.4 is 15.6 Å². The van der Waals surface area contributed by atoms with Crippen molar-refractivity contribution >= 4 is 21.7 Å². The molecule has 0 radical (unpaired) electrons. The van der Waals surface area contributed by atoms with E-state index in [1.807, 2.05) is 19.1 Å². The molecule has 7 nitrogen and oxygen atoms in total. The Hall–Kier alpha value is -2.19. The highest BCUT2D eigenvalue weighted by atomic mass is 32.2. The minimum Gasteiger partial charge on any atom is -0.292 e. The third kappa shape index (κ3) is 2.70. The van der Waals surface area contributed by atoms with Crippen molar-refractivity contribution in [1.82, 2.24) is 9.97 Å². The van der Waals surface area contributed by atoms with E-state index in [1.165, 1.54) is 23.7 Å². The van der Waals surface area contributed by atoms with Crippen LogP contribution in [0.25, 0.3) is 0 Å². The molecule has 0 spiro atoms. The highest BCUT2D eigenvalue weighted by molar-refractivity contribution is 7.92. The van der Waals surface area contributed by atoms with Crippen molar-refractivity contribution in [2.75, 3.05) is 16.8 Å². The maximum Gasteiger partial charge on any atom is 0.267 e. The maximum atomic E-state index is 12.4. The molecule has 1 heterocycles. The zero-order valence-electron chi connectivity index (χ0n) is 11.1. The summed E-state index contributed by atoms with van der Waals surface area (Å²) in [5.74, 6) is 5.29. The lowest BCUT2D eigenvalue weighted by Gasteiger charge is -2.19. The van der Waals surface area contributed by atoms with Crippen LogP contribution in [0.15, 0.2) is 41.6 Å². The molecule has 20 heavy (non-hydrogen) atoms. The molecule has 3 N–H and O–H groups in total. The van der Waals surface area contributed by atoms with E-state index in [-0.39, 0.29) is 10.8 Å². The number of nitrogen functional groups attached to an aromatic ring is 1. The van der Waals surface area contributed by atoms with Gasteiger partial charge < -0.3 is 0 Å². The fourth-order valence-corrected chi connectivity index (χ4v) is 2.66. The molecule has 0 bridgehead atoms. The van der Waals surface area contributed by atoms with Gasteiger partial charge in [0.2, 0.25) is 5.95 Å². The van der Waals surface area contributed by atoms with Gasteiger partial charge >= 0.3 is 0 Å². The molecule has 0 saturated heterocycles. The van der Waals surface area contributed by atoms with Gasteiger partial charge in [0.25, 0.3) is 10.0 Å². The van der Waals surface area contributed by atoms with E-state index >= 15 is 0 Å². The van der Waals surface area contributed by atoms with Crippen molar-refractivity contribution in [3.05, 3.63) is 42.2 Å². The zero-order chi connectivity index (χ0) is 14.8. The molecule has 1 aromatic heterocycles. The Morgan fingerprint density at radius 2 is 1.70 bits per heavy atom. The summed E-state index contributed by atoms with van der Waals surface area (Å²) in [6.07, 6.45) is 2.42. The van der Waals surface area contributed by atoms with E-state index in [0.29, 0.717) is 5.69 Å². The van der Waals surface area contributed by atoms with Gasteiger partial charge in [-0.3, -0.25) is 9.73 Å². The molecular formula is C12H15N5O2S. The molecule has 0 unspecified atom stereocenters.